The molecule has 0 atom stereocenters. The van der Waals surface area contributed by atoms with Crippen molar-refractivity contribution in [2.45, 2.75) is 11.8 Å². The van der Waals surface area contributed by atoms with Crippen LogP contribution in [0, 0.1) is 6.92 Å². The van der Waals surface area contributed by atoms with Crippen LogP contribution in [0.25, 0.3) is 0 Å². The highest BCUT2D eigenvalue weighted by Gasteiger charge is 2.09. The highest BCUT2D eigenvalue weighted by Crippen LogP contribution is 2.25. The number of anilines is 5. The number of nitrogens with one attached hydrogen (secondary N) is 3. The molecule has 1 heterocycles. The fraction of sp³-hybridized carbons (Fsp3) is 0.158. The third-order valence-electron chi connectivity index (χ3n) is 4.05. The van der Waals surface area contributed by atoms with E-state index in [2.05, 4.69) is 35.1 Å². The molecular formula is C19H20ClN7O5S2. The van der Waals surface area contributed by atoms with Crippen LogP contribution in [0.15, 0.2) is 47.4 Å². The largest absolute Gasteiger partial charge is 0.397 e. The fourth-order valence-corrected chi connectivity index (χ4v) is 3.91. The number of carbonyl (C=O) groups excluding carboxylic acids is 1. The lowest BCUT2D eigenvalue weighted by Gasteiger charge is -2.11. The van der Waals surface area contributed by atoms with E-state index in [0.29, 0.717) is 22.8 Å². The minimum absolute atomic E-state index is 0.0337. The molecule has 0 aliphatic rings. The lowest BCUT2D eigenvalue weighted by atomic mass is 10.2. The summed E-state index contributed by atoms with van der Waals surface area (Å²) in [5.41, 5.74) is 7.84. The summed E-state index contributed by atoms with van der Waals surface area (Å²) in [6, 6.07) is 11.8. The van der Waals surface area contributed by atoms with Gasteiger partial charge in [-0.1, -0.05) is 6.07 Å². The zero-order valence-electron chi connectivity index (χ0n) is 17.6. The van der Waals surface area contributed by atoms with Crippen molar-refractivity contribution in [3.63, 3.8) is 0 Å². The van der Waals surface area contributed by atoms with E-state index in [-0.39, 0.29) is 23.8 Å². The number of primary amides is 1. The van der Waals surface area contributed by atoms with E-state index in [1.165, 1.54) is 11.8 Å². The van der Waals surface area contributed by atoms with E-state index >= 15 is 0 Å². The van der Waals surface area contributed by atoms with Crippen molar-refractivity contribution in [1.82, 2.24) is 15.0 Å². The van der Waals surface area contributed by atoms with Gasteiger partial charge in [0.2, 0.25) is 17.2 Å². The number of rotatable bonds is 10. The topological polar surface area (TPSA) is 181 Å². The average molecular weight is 526 g/mol. The van der Waals surface area contributed by atoms with Crippen molar-refractivity contribution in [3.05, 3.63) is 53.3 Å². The van der Waals surface area contributed by atoms with Gasteiger partial charge in [0, 0.05) is 27.7 Å². The predicted octanol–water partition coefficient (Wildman–Crippen LogP) is 3.72. The number of urea groups is 1. The zero-order chi connectivity index (χ0) is 24.7. The summed E-state index contributed by atoms with van der Waals surface area (Å²) in [5.74, 6) is 0.717. The van der Waals surface area contributed by atoms with Gasteiger partial charge in [-0.3, -0.25) is 4.55 Å². The number of thioether (sulfide) groups is 1. The zero-order valence-corrected chi connectivity index (χ0v) is 20.0. The van der Waals surface area contributed by atoms with E-state index in [1.54, 1.807) is 30.3 Å². The van der Waals surface area contributed by atoms with Crippen molar-refractivity contribution in [3.8, 4) is 0 Å². The van der Waals surface area contributed by atoms with Gasteiger partial charge in [-0.15, -0.1) is 11.8 Å². The number of benzene rings is 2. The third-order valence-corrected chi connectivity index (χ3v) is 5.66. The molecule has 2 aromatic carbocycles. The molecule has 34 heavy (non-hydrogen) atoms. The minimum atomic E-state index is -4.44. The van der Waals surface area contributed by atoms with Crippen LogP contribution in [0.5, 0.6) is 0 Å². The normalized spacial score (nSPS) is 11.1. The monoisotopic (exact) mass is 525 g/mol. The highest BCUT2D eigenvalue weighted by molar-refractivity contribution is 7.99. The Morgan fingerprint density at radius 1 is 1.09 bits per heavy atom. The Hall–Kier alpha value is -3.17. The molecule has 1 aromatic heterocycles. The van der Waals surface area contributed by atoms with Crippen molar-refractivity contribution in [1.29, 1.82) is 0 Å². The smallest absolute Gasteiger partial charge is 0.351 e. The number of amides is 2. The number of aromatic nitrogens is 3. The van der Waals surface area contributed by atoms with Crippen LogP contribution in [-0.2, 0) is 14.6 Å². The van der Waals surface area contributed by atoms with E-state index in [9.17, 15) is 13.2 Å². The summed E-state index contributed by atoms with van der Waals surface area (Å²) in [4.78, 5) is 24.5. The van der Waals surface area contributed by atoms with Gasteiger partial charge in [0.15, 0.2) is 0 Å². The van der Waals surface area contributed by atoms with Crippen molar-refractivity contribution in [2.75, 3.05) is 28.3 Å². The second kappa shape index (κ2) is 11.3. The van der Waals surface area contributed by atoms with E-state index < -0.39 is 16.4 Å². The van der Waals surface area contributed by atoms with Gasteiger partial charge in [-0.25, -0.2) is 8.98 Å². The molecule has 0 radical (unpaired) electrons. The molecule has 0 aliphatic carbocycles. The summed E-state index contributed by atoms with van der Waals surface area (Å²) in [6.07, 6.45) is 0. The Balaban J connectivity index is 1.64. The first kappa shape index (κ1) is 25.5. The quantitative estimate of drug-likeness (QED) is 0.148. The third kappa shape index (κ3) is 8.31. The van der Waals surface area contributed by atoms with Crippen molar-refractivity contribution >= 4 is 68.8 Å². The fourth-order valence-electron chi connectivity index (χ4n) is 2.62. The van der Waals surface area contributed by atoms with Gasteiger partial charge in [0.1, 0.15) is 0 Å². The molecule has 15 heteroatoms. The molecule has 3 aromatic rings. The second-order valence-corrected chi connectivity index (χ2v) is 9.24. The van der Waals surface area contributed by atoms with E-state index in [1.807, 2.05) is 19.1 Å². The van der Waals surface area contributed by atoms with E-state index in [4.69, 9.17) is 21.9 Å². The molecule has 2 amide bonds. The summed E-state index contributed by atoms with van der Waals surface area (Å²) in [7, 11) is -4.44. The standard InChI is InChI=1S/C19H20ClN7O5S2/c1-11-2-3-13(10-15(11)24-17(21)28)23-19-26-16(20)25-18(27-19)22-12-4-6-14(7-5-12)33-9-8-32-34(29,30)31/h2-7,10H,8-9H2,1H3,(H3,21,24,28)(H,29,30,31)(H2,22,23,25,26,27). The minimum Gasteiger partial charge on any atom is -0.351 e. The first-order chi connectivity index (χ1) is 16.1. The predicted molar refractivity (Wildman–Crippen MR) is 130 cm³/mol. The lowest BCUT2D eigenvalue weighted by Crippen LogP contribution is -2.19. The SMILES string of the molecule is Cc1ccc(Nc2nc(Cl)nc(Nc3ccc(SCCOS(=O)(=O)O)cc3)n2)cc1NC(N)=O. The molecule has 12 nitrogen and oxygen atoms in total. The molecule has 0 unspecified atom stereocenters. The van der Waals surface area contributed by atoms with Crippen LogP contribution < -0.4 is 21.7 Å². The van der Waals surface area contributed by atoms with Gasteiger partial charge < -0.3 is 21.7 Å². The molecule has 0 saturated heterocycles. The molecule has 3 rings (SSSR count). The lowest BCUT2D eigenvalue weighted by molar-refractivity contribution is 0.259. The average Bonchev–Trinajstić information content (AvgIpc) is 2.73. The number of carbonyl (C=O) groups is 1. The number of nitrogens with two attached hydrogens (primary N) is 1. The van der Waals surface area contributed by atoms with Gasteiger partial charge in [0.25, 0.3) is 0 Å². The van der Waals surface area contributed by atoms with Crippen LogP contribution >= 0.6 is 23.4 Å². The molecular weight excluding hydrogens is 506 g/mol. The van der Waals surface area contributed by atoms with Crippen LogP contribution in [0.4, 0.5) is 33.8 Å². The number of halogens is 1. The van der Waals surface area contributed by atoms with Gasteiger partial charge >= 0.3 is 16.4 Å². The van der Waals surface area contributed by atoms with Gasteiger partial charge in [-0.2, -0.15) is 23.4 Å². The van der Waals surface area contributed by atoms with E-state index in [0.717, 1.165) is 10.5 Å². The number of hydrogen-bond acceptors (Lipinski definition) is 10. The van der Waals surface area contributed by atoms with Crippen molar-refractivity contribution in [2.24, 2.45) is 5.73 Å². The second-order valence-electron chi connectivity index (χ2n) is 6.64. The van der Waals surface area contributed by atoms with Crippen LogP contribution in [-0.4, -0.2) is 46.3 Å². The maximum absolute atomic E-state index is 11.2. The van der Waals surface area contributed by atoms with Crippen LogP contribution in [0.2, 0.25) is 5.28 Å². The number of aryl methyl sites for hydroxylation is 1. The summed E-state index contributed by atoms with van der Waals surface area (Å²) < 4.78 is 33.9. The highest BCUT2D eigenvalue weighted by atomic mass is 35.5. The Morgan fingerprint density at radius 3 is 2.32 bits per heavy atom. The molecule has 0 bridgehead atoms. The van der Waals surface area contributed by atoms with Gasteiger partial charge in [0.05, 0.1) is 6.61 Å². The maximum atomic E-state index is 11.2. The molecule has 0 spiro atoms. The number of nitrogens with zero attached hydrogens (tertiary/aromatic N) is 3. The van der Waals surface area contributed by atoms with Crippen molar-refractivity contribution < 1.29 is 21.9 Å². The Bertz CT molecular complexity index is 1280. The summed E-state index contributed by atoms with van der Waals surface area (Å²) >= 11 is 7.40. The molecule has 0 fully saturated rings. The van der Waals surface area contributed by atoms with Crippen LogP contribution in [0.1, 0.15) is 5.56 Å². The molecule has 0 saturated carbocycles. The molecule has 6 N–H and O–H groups in total. The Morgan fingerprint density at radius 2 is 1.71 bits per heavy atom. The van der Waals surface area contributed by atoms with Gasteiger partial charge in [-0.05, 0) is 60.5 Å². The summed E-state index contributed by atoms with van der Waals surface area (Å²) in [6.45, 7) is 1.68. The molecule has 180 valence electrons. The Kier molecular flexibility index (Phi) is 8.46. The Labute approximate surface area is 204 Å². The maximum Gasteiger partial charge on any atom is 0.397 e. The van der Waals surface area contributed by atoms with Crippen LogP contribution in [0.3, 0.4) is 0 Å². The first-order valence-corrected chi connectivity index (χ1v) is 12.3. The molecule has 0 aliphatic heterocycles. The first-order valence-electron chi connectivity index (χ1n) is 9.55. The summed E-state index contributed by atoms with van der Waals surface area (Å²) in [5, 5.41) is 8.54. The number of hydrogen-bond donors (Lipinski definition) is 5.